The van der Waals surface area contributed by atoms with Crippen LogP contribution >= 0.6 is 0 Å². The zero-order valence-corrected chi connectivity index (χ0v) is 15.1. The number of anilines is 2. The van der Waals surface area contributed by atoms with Crippen LogP contribution in [0.15, 0.2) is 67.1 Å². The molecule has 7 nitrogen and oxygen atoms in total. The largest absolute Gasteiger partial charge is 0.320 e. The van der Waals surface area contributed by atoms with Gasteiger partial charge in [-0.1, -0.05) is 30.3 Å². The molecule has 3 N–H and O–H groups in total. The first-order valence-electron chi connectivity index (χ1n) is 8.93. The Morgan fingerprint density at radius 2 is 1.89 bits per heavy atom. The summed E-state index contributed by atoms with van der Waals surface area (Å²) in [6.07, 6.45) is 5.43. The quantitative estimate of drug-likeness (QED) is 0.728. The van der Waals surface area contributed by atoms with E-state index in [-0.39, 0.29) is 18.4 Å². The van der Waals surface area contributed by atoms with Crippen LogP contribution in [0.1, 0.15) is 5.56 Å². The second kappa shape index (κ2) is 7.58. The van der Waals surface area contributed by atoms with E-state index in [1.807, 2.05) is 48.5 Å². The maximum atomic E-state index is 13.0. The molecule has 140 valence electrons. The van der Waals surface area contributed by atoms with Crippen molar-refractivity contribution in [3.63, 3.8) is 0 Å². The molecule has 2 amide bonds. The zero-order valence-electron chi connectivity index (χ0n) is 15.1. The first-order chi connectivity index (χ1) is 13.6. The van der Waals surface area contributed by atoms with Crippen LogP contribution in [0.3, 0.4) is 0 Å². The number of benzene rings is 1. The third kappa shape index (κ3) is 3.60. The Morgan fingerprint density at radius 3 is 2.64 bits per heavy atom. The number of pyridine rings is 2. The van der Waals surface area contributed by atoms with Gasteiger partial charge in [0.1, 0.15) is 6.54 Å². The van der Waals surface area contributed by atoms with Gasteiger partial charge in [0.05, 0.1) is 11.7 Å². The van der Waals surface area contributed by atoms with E-state index in [0.29, 0.717) is 17.9 Å². The number of carbonyl (C=O) groups excluding carboxylic acids is 2. The lowest BCUT2D eigenvalue weighted by Gasteiger charge is -2.30. The standard InChI is InChI=1S/C21H19N5O2/c22-17(10-14-4-2-1-3-5-14)21(28)26-13-19(27)25-20-18(26)11-16(12-24-20)15-6-8-23-9-7-15/h1-9,11-12,17H,10,13,22H2,(H,24,25,27). The third-order valence-electron chi connectivity index (χ3n) is 4.61. The predicted molar refractivity (Wildman–Crippen MR) is 107 cm³/mol. The molecule has 0 fully saturated rings. The molecule has 0 bridgehead atoms. The van der Waals surface area contributed by atoms with Crippen molar-refractivity contribution in [1.29, 1.82) is 0 Å². The van der Waals surface area contributed by atoms with Crippen molar-refractivity contribution in [2.75, 3.05) is 16.8 Å². The van der Waals surface area contributed by atoms with Gasteiger partial charge in [-0.05, 0) is 35.7 Å². The molecule has 1 aromatic carbocycles. The summed E-state index contributed by atoms with van der Waals surface area (Å²) in [5, 5.41) is 2.71. The van der Waals surface area contributed by atoms with E-state index in [4.69, 9.17) is 5.73 Å². The topological polar surface area (TPSA) is 101 Å². The molecule has 0 aliphatic carbocycles. The summed E-state index contributed by atoms with van der Waals surface area (Å²) >= 11 is 0. The van der Waals surface area contributed by atoms with E-state index in [2.05, 4.69) is 15.3 Å². The summed E-state index contributed by atoms with van der Waals surface area (Å²) in [6, 6.07) is 14.4. The van der Waals surface area contributed by atoms with E-state index in [1.54, 1.807) is 18.6 Å². The smallest absolute Gasteiger partial charge is 0.245 e. The summed E-state index contributed by atoms with van der Waals surface area (Å²) in [5.74, 6) is -0.250. The molecule has 1 aliphatic heterocycles. The predicted octanol–water partition coefficient (Wildman–Crippen LogP) is 2.00. The van der Waals surface area contributed by atoms with Crippen molar-refractivity contribution in [3.8, 4) is 11.1 Å². The van der Waals surface area contributed by atoms with Crippen LogP contribution in [0.2, 0.25) is 0 Å². The monoisotopic (exact) mass is 373 g/mol. The van der Waals surface area contributed by atoms with Crippen molar-refractivity contribution in [2.45, 2.75) is 12.5 Å². The molecule has 0 spiro atoms. The minimum Gasteiger partial charge on any atom is -0.320 e. The van der Waals surface area contributed by atoms with Crippen molar-refractivity contribution in [1.82, 2.24) is 9.97 Å². The van der Waals surface area contributed by atoms with Gasteiger partial charge in [0.2, 0.25) is 11.8 Å². The van der Waals surface area contributed by atoms with Gasteiger partial charge in [0.15, 0.2) is 5.82 Å². The maximum absolute atomic E-state index is 13.0. The maximum Gasteiger partial charge on any atom is 0.245 e. The van der Waals surface area contributed by atoms with Gasteiger partial charge in [-0.2, -0.15) is 0 Å². The Hall–Kier alpha value is -3.58. The van der Waals surface area contributed by atoms with E-state index in [1.165, 1.54) is 4.90 Å². The normalized spacial score (nSPS) is 14.2. The highest BCUT2D eigenvalue weighted by Crippen LogP contribution is 2.32. The van der Waals surface area contributed by atoms with Gasteiger partial charge in [-0.25, -0.2) is 4.98 Å². The lowest BCUT2D eigenvalue weighted by Crippen LogP contribution is -2.50. The number of hydrogen-bond donors (Lipinski definition) is 2. The molecule has 3 aromatic rings. The second-order valence-electron chi connectivity index (χ2n) is 6.60. The minimum atomic E-state index is -0.759. The van der Waals surface area contributed by atoms with Crippen molar-refractivity contribution < 1.29 is 9.59 Å². The molecule has 1 unspecified atom stereocenters. The summed E-state index contributed by atoms with van der Waals surface area (Å²) in [5.41, 5.74) is 9.44. The van der Waals surface area contributed by atoms with Crippen LogP contribution in [0.25, 0.3) is 11.1 Å². The van der Waals surface area contributed by atoms with Gasteiger partial charge >= 0.3 is 0 Å². The fourth-order valence-corrected chi connectivity index (χ4v) is 3.21. The molecule has 0 radical (unpaired) electrons. The van der Waals surface area contributed by atoms with Crippen LogP contribution in [-0.2, 0) is 16.0 Å². The Balaban J connectivity index is 1.65. The fourth-order valence-electron chi connectivity index (χ4n) is 3.21. The Morgan fingerprint density at radius 1 is 1.14 bits per heavy atom. The van der Waals surface area contributed by atoms with Crippen LogP contribution in [0.4, 0.5) is 11.5 Å². The van der Waals surface area contributed by atoms with Gasteiger partial charge < -0.3 is 11.1 Å². The summed E-state index contributed by atoms with van der Waals surface area (Å²) < 4.78 is 0. The number of nitrogens with two attached hydrogens (primary N) is 1. The highest BCUT2D eigenvalue weighted by atomic mass is 16.2. The molecular formula is C21H19N5O2. The average Bonchev–Trinajstić information content (AvgIpc) is 2.73. The summed E-state index contributed by atoms with van der Waals surface area (Å²) in [4.78, 5) is 34.9. The lowest BCUT2D eigenvalue weighted by molar-refractivity contribution is -0.122. The molecular weight excluding hydrogens is 354 g/mol. The summed E-state index contributed by atoms with van der Waals surface area (Å²) in [6.45, 7) is -0.0875. The average molecular weight is 373 g/mol. The minimum absolute atomic E-state index is 0.0875. The number of amides is 2. The van der Waals surface area contributed by atoms with Crippen molar-refractivity contribution in [2.24, 2.45) is 5.73 Å². The van der Waals surface area contributed by atoms with Crippen LogP contribution in [0.5, 0.6) is 0 Å². The van der Waals surface area contributed by atoms with Crippen molar-refractivity contribution in [3.05, 3.63) is 72.7 Å². The number of nitrogens with zero attached hydrogens (tertiary/aromatic N) is 3. The van der Waals surface area contributed by atoms with E-state index in [9.17, 15) is 9.59 Å². The van der Waals surface area contributed by atoms with Gasteiger partial charge in [-0.15, -0.1) is 0 Å². The Kier molecular flexibility index (Phi) is 4.82. The molecule has 1 atom stereocenters. The third-order valence-corrected chi connectivity index (χ3v) is 4.61. The van der Waals surface area contributed by atoms with Crippen LogP contribution in [-0.4, -0.2) is 34.4 Å². The van der Waals surface area contributed by atoms with E-state index >= 15 is 0 Å². The van der Waals surface area contributed by atoms with Crippen LogP contribution in [0, 0.1) is 0 Å². The highest BCUT2D eigenvalue weighted by molar-refractivity contribution is 6.10. The number of rotatable bonds is 4. The number of hydrogen-bond acceptors (Lipinski definition) is 5. The lowest BCUT2D eigenvalue weighted by atomic mass is 10.0. The molecule has 0 saturated heterocycles. The number of fused-ring (bicyclic) bond motifs is 1. The number of nitrogens with one attached hydrogen (secondary N) is 1. The van der Waals surface area contributed by atoms with Crippen LogP contribution < -0.4 is 16.0 Å². The second-order valence-corrected chi connectivity index (χ2v) is 6.60. The molecule has 3 heterocycles. The number of carbonyl (C=O) groups is 2. The Bertz CT molecular complexity index is 1010. The molecule has 0 saturated carbocycles. The summed E-state index contributed by atoms with van der Waals surface area (Å²) in [7, 11) is 0. The number of aromatic nitrogens is 2. The molecule has 1 aliphatic rings. The molecule has 4 rings (SSSR count). The van der Waals surface area contributed by atoms with Gasteiger partial charge in [-0.3, -0.25) is 19.5 Å². The SMILES string of the molecule is NC(Cc1ccccc1)C(=O)N1CC(=O)Nc2ncc(-c3ccncc3)cc21. The van der Waals surface area contributed by atoms with E-state index < -0.39 is 6.04 Å². The van der Waals surface area contributed by atoms with E-state index in [0.717, 1.165) is 16.7 Å². The highest BCUT2D eigenvalue weighted by Gasteiger charge is 2.31. The van der Waals surface area contributed by atoms with Gasteiger partial charge in [0.25, 0.3) is 0 Å². The fraction of sp³-hybridized carbons (Fsp3) is 0.143. The van der Waals surface area contributed by atoms with Gasteiger partial charge in [0, 0.05) is 24.2 Å². The molecule has 7 heteroatoms. The molecule has 2 aromatic heterocycles. The molecule has 28 heavy (non-hydrogen) atoms. The Labute approximate surface area is 162 Å². The zero-order chi connectivity index (χ0) is 19.5. The van der Waals surface area contributed by atoms with Crippen molar-refractivity contribution >= 4 is 23.3 Å². The first-order valence-corrected chi connectivity index (χ1v) is 8.93. The first kappa shape index (κ1) is 17.8.